The fraction of sp³-hybridized carbons (Fsp3) is 0.500. The van der Waals surface area contributed by atoms with Crippen LogP contribution < -0.4 is 10.2 Å². The van der Waals surface area contributed by atoms with Crippen molar-refractivity contribution in [3.63, 3.8) is 0 Å². The van der Waals surface area contributed by atoms with Crippen LogP contribution in [0.2, 0.25) is 0 Å². The van der Waals surface area contributed by atoms with Crippen LogP contribution in [0.1, 0.15) is 18.9 Å². The largest absolute Gasteiger partial charge is 0.372 e. The second-order valence-electron chi connectivity index (χ2n) is 4.35. The van der Waals surface area contributed by atoms with Crippen molar-refractivity contribution in [2.45, 2.75) is 26.3 Å². The van der Waals surface area contributed by atoms with Gasteiger partial charge in [0, 0.05) is 19.3 Å². The summed E-state index contributed by atoms with van der Waals surface area (Å²) in [6, 6.07) is 10.5. The maximum absolute atomic E-state index is 9.05. The molecule has 0 radical (unpaired) electrons. The molecule has 0 spiro atoms. The van der Waals surface area contributed by atoms with E-state index in [9.17, 15) is 0 Å². The second-order valence-corrected chi connectivity index (χ2v) is 4.35. The van der Waals surface area contributed by atoms with E-state index in [0.29, 0.717) is 6.54 Å². The first-order valence-corrected chi connectivity index (χ1v) is 6.08. The van der Waals surface area contributed by atoms with E-state index in [0.717, 1.165) is 18.7 Å². The number of rotatable bonds is 6. The summed E-state index contributed by atoms with van der Waals surface area (Å²) in [7, 11) is 2.02. The van der Waals surface area contributed by atoms with Gasteiger partial charge in [0.2, 0.25) is 0 Å². The lowest BCUT2D eigenvalue weighted by molar-refractivity contribution is 0.591. The van der Waals surface area contributed by atoms with Gasteiger partial charge in [-0.25, -0.2) is 0 Å². The topological polar surface area (TPSA) is 39.1 Å². The molecule has 3 nitrogen and oxygen atoms in total. The highest BCUT2D eigenvalue weighted by molar-refractivity contribution is 5.47. The number of anilines is 1. The highest BCUT2D eigenvalue weighted by Crippen LogP contribution is 2.13. The molecule has 1 aromatic carbocycles. The molecule has 3 heteroatoms. The van der Waals surface area contributed by atoms with E-state index >= 15 is 0 Å². The summed E-state index contributed by atoms with van der Waals surface area (Å²) in [5.41, 5.74) is 2.40. The maximum Gasteiger partial charge on any atom is 0.113 e. The standard InChI is InChI=1S/C14H21N3/c1-4-9-16-13(10-15)11-17(3)14-7-5-12(2)6-8-14/h5-8,13,16H,4,9,11H2,1-3H3. The molecule has 0 saturated heterocycles. The van der Waals surface area contributed by atoms with Crippen LogP contribution in [-0.2, 0) is 0 Å². The smallest absolute Gasteiger partial charge is 0.113 e. The zero-order valence-corrected chi connectivity index (χ0v) is 10.9. The van der Waals surface area contributed by atoms with Crippen molar-refractivity contribution in [1.82, 2.24) is 5.32 Å². The Morgan fingerprint density at radius 1 is 1.35 bits per heavy atom. The molecule has 1 rings (SSSR count). The van der Waals surface area contributed by atoms with Gasteiger partial charge >= 0.3 is 0 Å². The zero-order valence-electron chi connectivity index (χ0n) is 10.9. The molecule has 92 valence electrons. The van der Waals surface area contributed by atoms with Crippen LogP contribution in [0, 0.1) is 18.3 Å². The fourth-order valence-corrected chi connectivity index (χ4v) is 1.65. The number of hydrogen-bond acceptors (Lipinski definition) is 3. The van der Waals surface area contributed by atoms with Crippen LogP contribution in [0.15, 0.2) is 24.3 Å². The first-order valence-electron chi connectivity index (χ1n) is 6.08. The molecule has 0 aromatic heterocycles. The summed E-state index contributed by atoms with van der Waals surface area (Å²) in [5.74, 6) is 0. The molecule has 1 N–H and O–H groups in total. The van der Waals surface area contributed by atoms with Crippen molar-refractivity contribution in [2.24, 2.45) is 0 Å². The van der Waals surface area contributed by atoms with E-state index in [1.807, 2.05) is 7.05 Å². The van der Waals surface area contributed by atoms with Gasteiger partial charge in [-0.2, -0.15) is 5.26 Å². The number of benzene rings is 1. The number of aryl methyl sites for hydroxylation is 1. The number of nitrogens with zero attached hydrogens (tertiary/aromatic N) is 2. The summed E-state index contributed by atoms with van der Waals surface area (Å²) < 4.78 is 0. The van der Waals surface area contributed by atoms with Crippen molar-refractivity contribution in [2.75, 3.05) is 25.0 Å². The Labute approximate surface area is 104 Å². The molecule has 0 amide bonds. The predicted molar refractivity (Wildman–Crippen MR) is 72.1 cm³/mol. The summed E-state index contributed by atoms with van der Waals surface area (Å²) >= 11 is 0. The molecule has 17 heavy (non-hydrogen) atoms. The van der Waals surface area contributed by atoms with Gasteiger partial charge in [-0.05, 0) is 32.0 Å². The van der Waals surface area contributed by atoms with Gasteiger partial charge in [-0.1, -0.05) is 24.6 Å². The van der Waals surface area contributed by atoms with Gasteiger partial charge < -0.3 is 10.2 Å². The molecule has 0 aliphatic rings. The molecular formula is C14H21N3. The third kappa shape index (κ3) is 4.46. The second kappa shape index (κ2) is 6.93. The summed E-state index contributed by atoms with van der Waals surface area (Å²) in [6.07, 6.45) is 1.05. The van der Waals surface area contributed by atoms with Gasteiger partial charge in [0.15, 0.2) is 0 Å². The number of nitrogens with one attached hydrogen (secondary N) is 1. The fourth-order valence-electron chi connectivity index (χ4n) is 1.65. The molecule has 1 unspecified atom stereocenters. The van der Waals surface area contributed by atoms with E-state index in [4.69, 9.17) is 5.26 Å². The van der Waals surface area contributed by atoms with Gasteiger partial charge in [-0.3, -0.25) is 0 Å². The van der Waals surface area contributed by atoms with E-state index in [1.165, 1.54) is 5.56 Å². The number of likely N-dealkylation sites (N-methyl/N-ethyl adjacent to an activating group) is 1. The van der Waals surface area contributed by atoms with Crippen LogP contribution in [0.25, 0.3) is 0 Å². The average Bonchev–Trinajstić information content (AvgIpc) is 2.35. The zero-order chi connectivity index (χ0) is 12.7. The minimum absolute atomic E-state index is 0.110. The quantitative estimate of drug-likeness (QED) is 0.816. The third-order valence-corrected chi connectivity index (χ3v) is 2.73. The van der Waals surface area contributed by atoms with Crippen molar-refractivity contribution in [1.29, 1.82) is 5.26 Å². The van der Waals surface area contributed by atoms with Crippen molar-refractivity contribution < 1.29 is 0 Å². The Bertz CT molecular complexity index is 364. The van der Waals surface area contributed by atoms with Gasteiger partial charge in [0.1, 0.15) is 6.04 Å². The number of hydrogen-bond donors (Lipinski definition) is 1. The van der Waals surface area contributed by atoms with E-state index < -0.39 is 0 Å². The van der Waals surface area contributed by atoms with Gasteiger partial charge in [0.05, 0.1) is 6.07 Å². The lowest BCUT2D eigenvalue weighted by Crippen LogP contribution is -2.38. The molecule has 0 bridgehead atoms. The highest BCUT2D eigenvalue weighted by Gasteiger charge is 2.09. The maximum atomic E-state index is 9.05. The summed E-state index contributed by atoms with van der Waals surface area (Å²) in [5, 5.41) is 12.3. The number of nitriles is 1. The van der Waals surface area contributed by atoms with E-state index in [-0.39, 0.29) is 6.04 Å². The molecule has 0 fully saturated rings. The Morgan fingerprint density at radius 2 is 2.00 bits per heavy atom. The van der Waals surface area contributed by atoms with E-state index in [2.05, 4.69) is 54.4 Å². The highest BCUT2D eigenvalue weighted by atomic mass is 15.1. The molecular weight excluding hydrogens is 210 g/mol. The van der Waals surface area contributed by atoms with Gasteiger partial charge in [0.25, 0.3) is 0 Å². The minimum atomic E-state index is -0.110. The molecule has 0 heterocycles. The van der Waals surface area contributed by atoms with Crippen molar-refractivity contribution in [3.05, 3.63) is 29.8 Å². The summed E-state index contributed by atoms with van der Waals surface area (Å²) in [6.45, 7) is 5.77. The lowest BCUT2D eigenvalue weighted by Gasteiger charge is -2.22. The van der Waals surface area contributed by atoms with E-state index in [1.54, 1.807) is 0 Å². The molecule has 0 saturated carbocycles. The van der Waals surface area contributed by atoms with Gasteiger partial charge in [-0.15, -0.1) is 0 Å². The van der Waals surface area contributed by atoms with Crippen LogP contribution >= 0.6 is 0 Å². The minimum Gasteiger partial charge on any atom is -0.372 e. The Hall–Kier alpha value is -1.53. The Morgan fingerprint density at radius 3 is 2.53 bits per heavy atom. The Kier molecular flexibility index (Phi) is 5.51. The first-order chi connectivity index (χ1) is 8.17. The van der Waals surface area contributed by atoms with Crippen LogP contribution in [0.4, 0.5) is 5.69 Å². The van der Waals surface area contributed by atoms with Crippen LogP contribution in [0.5, 0.6) is 0 Å². The first kappa shape index (κ1) is 13.5. The lowest BCUT2D eigenvalue weighted by atomic mass is 10.2. The monoisotopic (exact) mass is 231 g/mol. The average molecular weight is 231 g/mol. The molecule has 0 aliphatic carbocycles. The SMILES string of the molecule is CCCNC(C#N)CN(C)c1ccc(C)cc1. The molecule has 1 atom stereocenters. The van der Waals surface area contributed by atoms with Crippen molar-refractivity contribution >= 4 is 5.69 Å². The molecule has 0 aliphatic heterocycles. The summed E-state index contributed by atoms with van der Waals surface area (Å²) in [4.78, 5) is 2.11. The van der Waals surface area contributed by atoms with Crippen LogP contribution in [0.3, 0.4) is 0 Å². The molecule has 1 aromatic rings. The third-order valence-electron chi connectivity index (χ3n) is 2.73. The van der Waals surface area contributed by atoms with Crippen molar-refractivity contribution in [3.8, 4) is 6.07 Å². The predicted octanol–water partition coefficient (Wildman–Crippen LogP) is 2.32. The Balaban J connectivity index is 2.55. The normalized spacial score (nSPS) is 11.9. The van der Waals surface area contributed by atoms with Crippen LogP contribution in [-0.4, -0.2) is 26.2 Å².